The molecule has 4 aromatic carbocycles. The quantitative estimate of drug-likeness (QED) is 0.00546. The Morgan fingerprint density at radius 1 is 0.507 bits per heavy atom. The van der Waals surface area contributed by atoms with Crippen molar-refractivity contribution in [1.82, 2.24) is 94.1 Å². The first kappa shape index (κ1) is 115. The number of benzene rings is 4. The van der Waals surface area contributed by atoms with Crippen molar-refractivity contribution in [2.45, 2.75) is 121 Å². The van der Waals surface area contributed by atoms with E-state index in [9.17, 15) is 74.5 Å². The van der Waals surface area contributed by atoms with Gasteiger partial charge < -0.3 is 62.8 Å². The molecule has 56 heteroatoms. The zero-order valence-electron chi connectivity index (χ0n) is 75.3. The van der Waals surface area contributed by atoms with E-state index in [-0.39, 0.29) is 173 Å². The SMILES string of the molecule is C.COC(=O)c1ccc(-c2nc(Cl)ncc2F)cc1F.COC(=O)c1ccc(-c2nc(Nc3cnn(C4CC4)c3)ncc2F)cc1F.Cl.Cl.N#CCN.N#CCNC(=O)c1ccc(-c2nc(Nc3cnn(C4CC4)c3)ncc2F)cc1F.Nc1cnn(C2CC2)c1.O=C(O)c1ccc(-c2nc(Nc3cnn(C4CC4)c3)ncc2F)cc1F.O=[N+]([O-])C1=CCN=C1.O=[N+]([O-])c1cnn(C2CC2)c1.OB(O)C1CC1.[HH].[Li+].[OH-]. The van der Waals surface area contributed by atoms with Gasteiger partial charge in [0.15, 0.2) is 23.3 Å². The molecular weight excluding hydrogens is 1960 g/mol. The number of aliphatic imine (C=N–C) groups is 1. The Kier molecular flexibility index (Phi) is 43.5. The van der Waals surface area contributed by atoms with Gasteiger partial charge >= 0.3 is 49.6 Å². The van der Waals surface area contributed by atoms with Gasteiger partial charge in [0.2, 0.25) is 23.1 Å². The van der Waals surface area contributed by atoms with Crippen molar-refractivity contribution in [3.05, 3.63) is 266 Å². The average Bonchev–Trinajstić information content (AvgIpc) is 1.40. The summed E-state index contributed by atoms with van der Waals surface area (Å²) >= 11 is 5.55. The number of carboxylic acids is 1. The van der Waals surface area contributed by atoms with Crippen LogP contribution in [0, 0.1) is 89.4 Å². The van der Waals surface area contributed by atoms with Crippen molar-refractivity contribution in [1.29, 1.82) is 10.5 Å². The number of carbonyl (C=O) groups is 4. The van der Waals surface area contributed by atoms with E-state index in [1.54, 1.807) is 41.6 Å². The molecule has 43 nitrogen and oxygen atoms in total. The number of allylic oxidation sites excluding steroid dienone is 1. The molecule has 6 aliphatic carbocycles. The number of nitriles is 2. The number of nitrogens with zero attached hydrogens (tertiary/aromatic N) is 23. The summed E-state index contributed by atoms with van der Waals surface area (Å²) in [6, 6.07) is 19.9. The zero-order chi connectivity index (χ0) is 99.7. The van der Waals surface area contributed by atoms with Crippen LogP contribution >= 0.6 is 36.4 Å². The Morgan fingerprint density at radius 3 is 1.12 bits per heavy atom. The summed E-state index contributed by atoms with van der Waals surface area (Å²) < 4.78 is 130. The van der Waals surface area contributed by atoms with Crippen LogP contribution in [0.1, 0.15) is 158 Å². The number of nitrogen functional groups attached to an aromatic ring is 1. The minimum absolute atomic E-state index is 0. The summed E-state index contributed by atoms with van der Waals surface area (Å²) in [4.78, 5) is 99.4. The number of methoxy groups -OCH3 is 2. The summed E-state index contributed by atoms with van der Waals surface area (Å²) in [5, 5.41) is 93.0. The standard InChI is InChI=1S/C19H15F2N7O.C18H15F2N5O2.C17H13F2N5O2.C12H7ClF2N2O2.C6H7N3O2.C6H9N3.C4H4N2O2.C3H7BO2.C2H4N2.CH4.2ClH.Li.H2O.H2/c20-15-7-11(1-4-14(15)18(29)23-6-5-22)17-16(21)9-24-19(27-17)26-12-8-25-28(10-12)13-2-3-13;1-27-17(26)13-5-2-10(6-14(13)19)16-15(20)8-21-18(24-16)23-11-7-22-25(9-11)12-3-4-12;18-13-5-9(1-4-12(13)16(25)26)15-14(19)7-20-17(23-15)22-10-6-21-24(8-10)11-2-3-11;1-19-11(18)7-3-2-6(4-8(7)14)10-9(15)5-16-12(13)17-10;10-9(11)6-3-7-8(4-6)5-1-2-5;7-5-3-8-9(4-5)6-1-2-6;7-6(8)4-1-2-5-3-4;5-4(6)3-1-2-3;3-1-2-4;;;;;;/h1,4,7-10,13H,2-3,6H2,(H,23,29)(H,24,26,27);2,5-9,12H,3-4H2,1H3,(H,21,23,24);1,4-8,11H,2-3H2,(H,25,26)(H,20,22,23);2-5H,1H3;3-5H,1-2H2;3-4,6H,1-2,7H2;1,3H,2H2;3,5-6H,1-2H2;1,3H2;1H4;2*1H;;1H2;1H/q;;;;;;;;;;;;+1;;/p-1. The number of rotatable bonds is 23. The minimum atomic E-state index is -1.40. The second-order valence-electron chi connectivity index (χ2n) is 30.8. The molecule has 0 bridgehead atoms. The van der Waals surface area contributed by atoms with Crippen molar-refractivity contribution in [2.24, 2.45) is 10.7 Å². The third-order valence-electron chi connectivity index (χ3n) is 20.1. The third kappa shape index (κ3) is 33.5. The number of hydrogen-bond acceptors (Lipinski definition) is 34. The molecule has 7 aliphatic rings. The molecule has 6 saturated carbocycles. The Bertz CT molecular complexity index is 6800. The van der Waals surface area contributed by atoms with Crippen LogP contribution in [0.3, 0.4) is 0 Å². The molecule has 13 aromatic rings. The smallest absolute Gasteiger partial charge is 0.870 e. The minimum Gasteiger partial charge on any atom is -0.870 e. The fraction of sp³-hybridized carbons (Fsp3) is 0.273. The van der Waals surface area contributed by atoms with Crippen LogP contribution in [-0.2, 0) is 9.47 Å². The number of carbonyl (C=O) groups excluding carboxylic acids is 3. The van der Waals surface area contributed by atoms with E-state index in [0.29, 0.717) is 53.8 Å². The molecule has 0 radical (unpaired) electrons. The number of carboxylic acid groups (broad SMARTS) is 1. The van der Waals surface area contributed by atoms with E-state index in [0.717, 1.165) is 139 Å². The van der Waals surface area contributed by atoms with Gasteiger partial charge in [-0.2, -0.15) is 36.0 Å². The molecule has 6 fully saturated rings. The number of esters is 2. The van der Waals surface area contributed by atoms with Gasteiger partial charge in [0.1, 0.15) is 65.0 Å². The summed E-state index contributed by atoms with van der Waals surface area (Å²) in [5.41, 5.74) is 12.0. The van der Waals surface area contributed by atoms with Gasteiger partial charge in [-0.25, -0.2) is 89.4 Å². The number of nitro groups is 2. The van der Waals surface area contributed by atoms with E-state index in [2.05, 4.69) is 107 Å². The number of aromatic nitrogens is 18. The maximum Gasteiger partial charge on any atom is 1.00 e. The number of nitrogens with one attached hydrogen (secondary N) is 4. The van der Waals surface area contributed by atoms with E-state index < -0.39 is 92.9 Å². The van der Waals surface area contributed by atoms with Crippen LogP contribution in [0.25, 0.3) is 45.0 Å². The predicted octanol–water partition coefficient (Wildman–Crippen LogP) is 12.5. The van der Waals surface area contributed by atoms with Crippen LogP contribution < -0.4 is 51.6 Å². The number of aromatic carboxylic acids is 1. The molecule has 752 valence electrons. The molecular formula is C88H90BCl3F8LiN29O14. The molecule has 0 spiro atoms. The topological polar surface area (TPSA) is 616 Å². The third-order valence-corrected chi connectivity index (χ3v) is 20.3. The first-order valence-corrected chi connectivity index (χ1v) is 42.4. The molecule has 0 atom stereocenters. The monoisotopic (exact) mass is 2050 g/mol. The Morgan fingerprint density at radius 2 is 0.847 bits per heavy atom. The fourth-order valence-electron chi connectivity index (χ4n) is 12.1. The number of amides is 1. The van der Waals surface area contributed by atoms with Crippen molar-refractivity contribution in [3.8, 4) is 57.2 Å². The van der Waals surface area contributed by atoms with Gasteiger partial charge in [-0.15, -0.1) is 24.8 Å². The van der Waals surface area contributed by atoms with Crippen LogP contribution in [0.2, 0.25) is 11.1 Å². The van der Waals surface area contributed by atoms with Crippen molar-refractivity contribution in [3.63, 3.8) is 0 Å². The maximum atomic E-state index is 14.3. The summed E-state index contributed by atoms with van der Waals surface area (Å²) in [6.07, 6.45) is 36.6. The van der Waals surface area contributed by atoms with Gasteiger partial charge in [0.05, 0.1) is 180 Å². The van der Waals surface area contributed by atoms with E-state index in [1.165, 1.54) is 80.0 Å². The molecule has 1 aliphatic heterocycles. The van der Waals surface area contributed by atoms with Crippen molar-refractivity contribution >= 4 is 120 Å². The Balaban J connectivity index is 0.000000261. The van der Waals surface area contributed by atoms with Gasteiger partial charge in [-0.1, -0.05) is 44.5 Å². The van der Waals surface area contributed by atoms with Gasteiger partial charge in [0, 0.05) is 54.5 Å². The fourth-order valence-corrected chi connectivity index (χ4v) is 12.3. The first-order valence-electron chi connectivity index (χ1n) is 42.0. The van der Waals surface area contributed by atoms with Crippen molar-refractivity contribution in [2.75, 3.05) is 55.5 Å². The molecule has 1 amide bonds. The first-order chi connectivity index (χ1) is 66.8. The van der Waals surface area contributed by atoms with Crippen LogP contribution in [-0.4, -0.2) is 190 Å². The molecule has 12 N–H and O–H groups in total. The van der Waals surface area contributed by atoms with Crippen molar-refractivity contribution < 1.29 is 115 Å². The number of hydrogen-bond donors (Lipinski definition) is 9. The molecule has 0 saturated heterocycles. The van der Waals surface area contributed by atoms with E-state index in [1.807, 2.05) is 43.5 Å². The second kappa shape index (κ2) is 54.4. The van der Waals surface area contributed by atoms with Crippen LogP contribution in [0.15, 0.2) is 176 Å². The normalized spacial score (nSPS) is 13.3. The van der Waals surface area contributed by atoms with Gasteiger partial charge in [-0.3, -0.25) is 53.4 Å². The molecule has 144 heavy (non-hydrogen) atoms. The Hall–Kier alpha value is -15.7. The average molecular weight is 2050 g/mol. The Labute approximate surface area is 843 Å². The number of anilines is 7. The summed E-state index contributed by atoms with van der Waals surface area (Å²) in [7, 11) is 1.26. The molecule has 20 rings (SSSR count). The number of ether oxygens (including phenoxy) is 2. The number of halogens is 11. The maximum absolute atomic E-state index is 14.3. The van der Waals surface area contributed by atoms with Gasteiger partial charge in [-0.05, 0) is 130 Å². The van der Waals surface area contributed by atoms with Gasteiger partial charge in [0.25, 0.3) is 11.6 Å². The second-order valence-corrected chi connectivity index (χ2v) is 31.1. The van der Waals surface area contributed by atoms with Crippen LogP contribution in [0.5, 0.6) is 0 Å². The van der Waals surface area contributed by atoms with E-state index in [4.69, 9.17) is 43.0 Å². The molecule has 0 unspecified atom stereocenters. The molecule has 9 aromatic heterocycles. The summed E-state index contributed by atoms with van der Waals surface area (Å²) in [6.45, 7) is 0.337. The zero-order valence-corrected chi connectivity index (χ0v) is 77.7. The molecule has 10 heterocycles. The summed E-state index contributed by atoms with van der Waals surface area (Å²) in [5.74, 6) is -9.52. The van der Waals surface area contributed by atoms with E-state index >= 15 is 0 Å². The predicted molar refractivity (Wildman–Crippen MR) is 507 cm³/mol. The number of nitrogens with two attached hydrogens (primary N) is 2. The largest absolute Gasteiger partial charge is 1.00 e. The van der Waals surface area contributed by atoms with Crippen LogP contribution in [0.4, 0.5) is 81.4 Å².